The molecule has 0 amide bonds. The molecule has 2 saturated heterocycles. The van der Waals surface area contributed by atoms with Gasteiger partial charge in [-0.1, -0.05) is 0 Å². The van der Waals surface area contributed by atoms with Crippen LogP contribution in [-0.2, 0) is 4.74 Å². The average molecular weight is 281 g/mol. The molecule has 116 valence electrons. The van der Waals surface area contributed by atoms with Gasteiger partial charge < -0.3 is 19.4 Å². The van der Waals surface area contributed by atoms with Crippen molar-refractivity contribution in [3.63, 3.8) is 0 Å². The van der Waals surface area contributed by atoms with Crippen molar-refractivity contribution in [3.05, 3.63) is 0 Å². The smallest absolute Gasteiger partial charge is 0.0603 e. The van der Waals surface area contributed by atoms with Crippen molar-refractivity contribution < 1.29 is 4.74 Å². The maximum atomic E-state index is 6.26. The molecule has 3 fully saturated rings. The van der Waals surface area contributed by atoms with Gasteiger partial charge in [0.25, 0.3) is 0 Å². The van der Waals surface area contributed by atoms with E-state index < -0.39 is 0 Å². The Labute approximate surface area is 124 Å². The van der Waals surface area contributed by atoms with Gasteiger partial charge in [0.1, 0.15) is 0 Å². The third kappa shape index (κ3) is 3.94. The minimum Gasteiger partial charge on any atom is -0.375 e. The highest BCUT2D eigenvalue weighted by Crippen LogP contribution is 2.33. The molecule has 4 nitrogen and oxygen atoms in total. The topological polar surface area (TPSA) is 19.0 Å². The second-order valence-electron chi connectivity index (χ2n) is 7.20. The van der Waals surface area contributed by atoms with Crippen LogP contribution in [0.1, 0.15) is 25.7 Å². The number of likely N-dealkylation sites (tertiary alicyclic amines) is 1. The van der Waals surface area contributed by atoms with Crippen LogP contribution in [0.25, 0.3) is 0 Å². The SMILES string of the molecule is CN1CCC(OC2CC(CN3CCN(C)CC3)C2)CC1. The first-order valence-electron chi connectivity index (χ1n) is 8.44. The quantitative estimate of drug-likeness (QED) is 0.769. The van der Waals surface area contributed by atoms with Crippen molar-refractivity contribution in [2.45, 2.75) is 37.9 Å². The molecule has 2 aliphatic heterocycles. The van der Waals surface area contributed by atoms with Gasteiger partial charge in [0.15, 0.2) is 0 Å². The highest BCUT2D eigenvalue weighted by atomic mass is 16.5. The molecule has 0 unspecified atom stereocenters. The Balaban J connectivity index is 1.29. The highest BCUT2D eigenvalue weighted by molar-refractivity contribution is 4.85. The summed E-state index contributed by atoms with van der Waals surface area (Å²) in [4.78, 5) is 7.50. The van der Waals surface area contributed by atoms with E-state index in [1.165, 1.54) is 71.5 Å². The first kappa shape index (κ1) is 14.8. The number of likely N-dealkylation sites (N-methyl/N-ethyl adjacent to an activating group) is 1. The predicted molar refractivity (Wildman–Crippen MR) is 82.1 cm³/mol. The fourth-order valence-corrected chi connectivity index (χ4v) is 3.72. The second-order valence-corrected chi connectivity index (χ2v) is 7.20. The van der Waals surface area contributed by atoms with Crippen LogP contribution in [0.5, 0.6) is 0 Å². The molecular formula is C16H31N3O. The van der Waals surface area contributed by atoms with E-state index >= 15 is 0 Å². The third-order valence-corrected chi connectivity index (χ3v) is 5.36. The number of hydrogen-bond donors (Lipinski definition) is 0. The van der Waals surface area contributed by atoms with Crippen LogP contribution < -0.4 is 0 Å². The summed E-state index contributed by atoms with van der Waals surface area (Å²) >= 11 is 0. The molecule has 3 aliphatic rings. The number of hydrogen-bond acceptors (Lipinski definition) is 4. The summed E-state index contributed by atoms with van der Waals surface area (Å²) in [6, 6.07) is 0. The standard InChI is InChI=1S/C16H31N3O/c1-17-5-3-15(4-6-17)20-16-11-14(12-16)13-19-9-7-18(2)8-10-19/h14-16H,3-13H2,1-2H3. The largest absolute Gasteiger partial charge is 0.375 e. The molecule has 1 aliphatic carbocycles. The van der Waals surface area contributed by atoms with E-state index in [9.17, 15) is 0 Å². The molecule has 4 heteroatoms. The molecule has 1 saturated carbocycles. The summed E-state index contributed by atoms with van der Waals surface area (Å²) in [6.07, 6.45) is 6.19. The van der Waals surface area contributed by atoms with E-state index in [2.05, 4.69) is 28.8 Å². The van der Waals surface area contributed by atoms with E-state index in [0.717, 1.165) is 5.92 Å². The molecule has 0 aromatic heterocycles. The lowest BCUT2D eigenvalue weighted by molar-refractivity contribution is -0.0971. The van der Waals surface area contributed by atoms with Crippen LogP contribution >= 0.6 is 0 Å². The highest BCUT2D eigenvalue weighted by Gasteiger charge is 2.33. The Hall–Kier alpha value is -0.160. The lowest BCUT2D eigenvalue weighted by atomic mass is 9.81. The summed E-state index contributed by atoms with van der Waals surface area (Å²) in [6.45, 7) is 8.72. The lowest BCUT2D eigenvalue weighted by Gasteiger charge is -2.42. The van der Waals surface area contributed by atoms with Gasteiger partial charge in [0, 0.05) is 45.8 Å². The van der Waals surface area contributed by atoms with Crippen molar-refractivity contribution in [3.8, 4) is 0 Å². The molecule has 2 heterocycles. The van der Waals surface area contributed by atoms with Gasteiger partial charge in [0.2, 0.25) is 0 Å². The van der Waals surface area contributed by atoms with E-state index in [0.29, 0.717) is 12.2 Å². The predicted octanol–water partition coefficient (Wildman–Crippen LogP) is 1.12. The molecule has 0 N–H and O–H groups in total. The van der Waals surface area contributed by atoms with Gasteiger partial charge >= 0.3 is 0 Å². The molecule has 0 spiro atoms. The number of piperazine rings is 1. The Bertz CT molecular complexity index is 262. The molecule has 20 heavy (non-hydrogen) atoms. The van der Waals surface area contributed by atoms with Gasteiger partial charge in [-0.25, -0.2) is 0 Å². The summed E-state index contributed by atoms with van der Waals surface area (Å²) in [5.74, 6) is 0.898. The number of ether oxygens (including phenoxy) is 1. The summed E-state index contributed by atoms with van der Waals surface area (Å²) < 4.78 is 6.26. The summed E-state index contributed by atoms with van der Waals surface area (Å²) in [7, 11) is 4.44. The zero-order valence-electron chi connectivity index (χ0n) is 13.3. The minimum atomic E-state index is 0.542. The van der Waals surface area contributed by atoms with Gasteiger partial charge in [-0.15, -0.1) is 0 Å². The maximum Gasteiger partial charge on any atom is 0.0603 e. The number of nitrogens with zero attached hydrogens (tertiary/aromatic N) is 3. The number of piperidine rings is 1. The zero-order valence-corrected chi connectivity index (χ0v) is 13.3. The van der Waals surface area contributed by atoms with E-state index in [1.807, 2.05) is 0 Å². The second kappa shape index (κ2) is 6.73. The normalized spacial score (nSPS) is 35.1. The van der Waals surface area contributed by atoms with Crippen LogP contribution in [-0.4, -0.2) is 86.8 Å². The monoisotopic (exact) mass is 281 g/mol. The van der Waals surface area contributed by atoms with E-state index in [-0.39, 0.29) is 0 Å². The van der Waals surface area contributed by atoms with Crippen LogP contribution in [0.2, 0.25) is 0 Å². The Kier molecular flexibility index (Phi) is 4.97. The summed E-state index contributed by atoms with van der Waals surface area (Å²) in [5, 5.41) is 0. The molecule has 0 radical (unpaired) electrons. The van der Waals surface area contributed by atoms with Gasteiger partial charge in [-0.2, -0.15) is 0 Å². The van der Waals surface area contributed by atoms with Crippen LogP contribution in [0, 0.1) is 5.92 Å². The first-order valence-corrected chi connectivity index (χ1v) is 8.44. The fourth-order valence-electron chi connectivity index (χ4n) is 3.72. The van der Waals surface area contributed by atoms with Crippen molar-refractivity contribution in [2.75, 3.05) is 59.9 Å². The summed E-state index contributed by atoms with van der Waals surface area (Å²) in [5.41, 5.74) is 0. The van der Waals surface area contributed by atoms with Crippen molar-refractivity contribution in [1.29, 1.82) is 0 Å². The Morgan fingerprint density at radius 2 is 1.40 bits per heavy atom. The third-order valence-electron chi connectivity index (χ3n) is 5.36. The molecular weight excluding hydrogens is 250 g/mol. The van der Waals surface area contributed by atoms with Crippen LogP contribution in [0.3, 0.4) is 0 Å². The van der Waals surface area contributed by atoms with Crippen molar-refractivity contribution in [1.82, 2.24) is 14.7 Å². The maximum absolute atomic E-state index is 6.26. The van der Waals surface area contributed by atoms with Crippen molar-refractivity contribution in [2.24, 2.45) is 5.92 Å². The zero-order chi connectivity index (χ0) is 13.9. The molecule has 3 rings (SSSR count). The van der Waals surface area contributed by atoms with Gasteiger partial charge in [-0.05, 0) is 45.7 Å². The van der Waals surface area contributed by atoms with E-state index in [4.69, 9.17) is 4.74 Å². The first-order chi connectivity index (χ1) is 9.69. The molecule has 0 atom stereocenters. The van der Waals surface area contributed by atoms with Gasteiger partial charge in [0.05, 0.1) is 12.2 Å². The fraction of sp³-hybridized carbons (Fsp3) is 1.00. The number of rotatable bonds is 4. The molecule has 0 bridgehead atoms. The van der Waals surface area contributed by atoms with Crippen LogP contribution in [0.4, 0.5) is 0 Å². The Morgan fingerprint density at radius 1 is 0.800 bits per heavy atom. The Morgan fingerprint density at radius 3 is 2.05 bits per heavy atom. The van der Waals surface area contributed by atoms with Crippen molar-refractivity contribution >= 4 is 0 Å². The van der Waals surface area contributed by atoms with Gasteiger partial charge in [-0.3, -0.25) is 0 Å². The van der Waals surface area contributed by atoms with E-state index in [1.54, 1.807) is 0 Å². The average Bonchev–Trinajstić information content (AvgIpc) is 2.41. The van der Waals surface area contributed by atoms with Crippen LogP contribution in [0.15, 0.2) is 0 Å². The minimum absolute atomic E-state index is 0.542. The lowest BCUT2D eigenvalue weighted by Crippen LogP contribution is -2.49. The molecule has 0 aromatic carbocycles. The molecule has 0 aromatic rings.